The third kappa shape index (κ3) is 4.30. The van der Waals surface area contributed by atoms with Crippen LogP contribution < -0.4 is 0 Å². The van der Waals surface area contributed by atoms with E-state index in [1.54, 1.807) is 38.4 Å². The molecular weight excluding hydrogens is 394 g/mol. The van der Waals surface area contributed by atoms with Gasteiger partial charge >= 0.3 is 11.9 Å². The predicted octanol–water partition coefficient (Wildman–Crippen LogP) is 4.14. The maximum atomic E-state index is 11.3. The second-order valence-electron chi connectivity index (χ2n) is 6.75. The van der Waals surface area contributed by atoms with Crippen molar-refractivity contribution in [2.75, 3.05) is 0 Å². The summed E-state index contributed by atoms with van der Waals surface area (Å²) in [6.45, 7) is 1.81. The van der Waals surface area contributed by atoms with Crippen LogP contribution in [0.2, 0.25) is 5.15 Å². The summed E-state index contributed by atoms with van der Waals surface area (Å²) >= 11 is 6.59. The number of aliphatic carboxylic acids is 1. The molecule has 2 aromatic heterocycles. The van der Waals surface area contributed by atoms with E-state index in [4.69, 9.17) is 11.6 Å². The summed E-state index contributed by atoms with van der Waals surface area (Å²) < 4.78 is 1.54. The number of pyridine rings is 1. The Labute approximate surface area is 172 Å². The highest BCUT2D eigenvalue weighted by Gasteiger charge is 2.28. The quantitative estimate of drug-likeness (QED) is 0.603. The zero-order valence-electron chi connectivity index (χ0n) is 16.0. The van der Waals surface area contributed by atoms with Crippen molar-refractivity contribution in [3.8, 4) is 11.4 Å². The molecule has 0 fully saturated rings. The summed E-state index contributed by atoms with van der Waals surface area (Å²) in [5, 5.41) is 23.4. The normalized spacial score (nSPS) is 12.0. The van der Waals surface area contributed by atoms with Crippen molar-refractivity contribution in [3.05, 3.63) is 70.0 Å². The molecule has 2 N–H and O–H groups in total. The summed E-state index contributed by atoms with van der Waals surface area (Å²) in [5.41, 5.74) is 3.61. The second-order valence-corrected chi connectivity index (χ2v) is 7.11. The fourth-order valence-corrected chi connectivity index (χ4v) is 3.70. The van der Waals surface area contributed by atoms with Crippen molar-refractivity contribution >= 4 is 23.5 Å². The lowest BCUT2D eigenvalue weighted by atomic mass is 9.84. The fraction of sp³-hybridized carbons (Fsp3) is 0.238. The highest BCUT2D eigenvalue weighted by Crippen LogP contribution is 2.40. The topological polar surface area (TPSA) is 105 Å². The molecule has 0 saturated heterocycles. The van der Waals surface area contributed by atoms with Gasteiger partial charge in [0.05, 0.1) is 11.3 Å². The van der Waals surface area contributed by atoms with Crippen LogP contribution in [-0.2, 0) is 11.8 Å². The number of carbonyl (C=O) groups is 2. The molecule has 1 aromatic carbocycles. The number of halogens is 1. The molecule has 3 aromatic rings. The summed E-state index contributed by atoms with van der Waals surface area (Å²) in [5.74, 6) is -2.32. The highest BCUT2D eigenvalue weighted by atomic mass is 35.5. The van der Waals surface area contributed by atoms with Gasteiger partial charge in [0, 0.05) is 31.1 Å². The largest absolute Gasteiger partial charge is 0.481 e. The Hall–Kier alpha value is -3.19. The molecule has 0 radical (unpaired) electrons. The van der Waals surface area contributed by atoms with E-state index < -0.39 is 11.9 Å². The Morgan fingerprint density at radius 3 is 2.55 bits per heavy atom. The molecule has 0 saturated carbocycles. The van der Waals surface area contributed by atoms with Crippen molar-refractivity contribution in [1.82, 2.24) is 14.8 Å². The predicted molar refractivity (Wildman–Crippen MR) is 108 cm³/mol. The Morgan fingerprint density at radius 2 is 1.97 bits per heavy atom. The maximum absolute atomic E-state index is 11.3. The number of nitrogens with zero attached hydrogens (tertiary/aromatic N) is 3. The van der Waals surface area contributed by atoms with Crippen LogP contribution in [-0.4, -0.2) is 36.9 Å². The van der Waals surface area contributed by atoms with E-state index in [1.165, 1.54) is 10.7 Å². The number of benzene rings is 1. The number of aryl methyl sites for hydroxylation is 2. The summed E-state index contributed by atoms with van der Waals surface area (Å²) in [7, 11) is 1.72. The molecule has 29 heavy (non-hydrogen) atoms. The zero-order chi connectivity index (χ0) is 21.1. The van der Waals surface area contributed by atoms with Gasteiger partial charge in [-0.1, -0.05) is 23.7 Å². The number of carboxylic acids is 2. The van der Waals surface area contributed by atoms with E-state index in [0.29, 0.717) is 22.1 Å². The lowest BCUT2D eigenvalue weighted by Gasteiger charge is -2.20. The molecule has 7 nitrogen and oxygen atoms in total. The van der Waals surface area contributed by atoms with Crippen LogP contribution in [0.3, 0.4) is 0 Å². The molecule has 0 bridgehead atoms. The summed E-state index contributed by atoms with van der Waals surface area (Å²) in [6.07, 6.45) is 1.87. The monoisotopic (exact) mass is 413 g/mol. The molecule has 3 rings (SSSR count). The Balaban J connectivity index is 2.19. The second kappa shape index (κ2) is 8.45. The molecule has 1 unspecified atom stereocenters. The number of aromatic nitrogens is 3. The van der Waals surface area contributed by atoms with Crippen LogP contribution in [0.5, 0.6) is 0 Å². The lowest BCUT2D eigenvalue weighted by molar-refractivity contribution is -0.137. The van der Waals surface area contributed by atoms with Gasteiger partial charge < -0.3 is 10.2 Å². The van der Waals surface area contributed by atoms with Gasteiger partial charge in [0.1, 0.15) is 10.8 Å². The van der Waals surface area contributed by atoms with Crippen molar-refractivity contribution in [2.24, 2.45) is 7.05 Å². The minimum absolute atomic E-state index is 0.0718. The minimum atomic E-state index is -1.02. The van der Waals surface area contributed by atoms with E-state index in [0.717, 1.165) is 11.1 Å². The molecule has 150 valence electrons. The third-order valence-electron chi connectivity index (χ3n) is 4.81. The first-order chi connectivity index (χ1) is 13.8. The first-order valence-electron chi connectivity index (χ1n) is 8.99. The zero-order valence-corrected chi connectivity index (χ0v) is 16.7. The van der Waals surface area contributed by atoms with E-state index in [2.05, 4.69) is 10.1 Å². The third-order valence-corrected chi connectivity index (χ3v) is 5.25. The van der Waals surface area contributed by atoms with Crippen LogP contribution >= 0.6 is 11.6 Å². The van der Waals surface area contributed by atoms with Gasteiger partial charge in [-0.3, -0.25) is 14.5 Å². The van der Waals surface area contributed by atoms with Crippen LogP contribution in [0.4, 0.5) is 0 Å². The molecule has 2 heterocycles. The minimum Gasteiger partial charge on any atom is -0.481 e. The number of hydrogen-bond acceptors (Lipinski definition) is 4. The van der Waals surface area contributed by atoms with Crippen molar-refractivity contribution in [1.29, 1.82) is 0 Å². The number of aromatic carboxylic acids is 1. The number of hydrogen-bond donors (Lipinski definition) is 2. The fourth-order valence-electron chi connectivity index (χ4n) is 3.44. The molecule has 8 heteroatoms. The molecule has 0 aliphatic carbocycles. The van der Waals surface area contributed by atoms with Crippen molar-refractivity contribution in [3.63, 3.8) is 0 Å². The smallest absolute Gasteiger partial charge is 0.335 e. The lowest BCUT2D eigenvalue weighted by Crippen LogP contribution is -2.09. The first kappa shape index (κ1) is 20.5. The van der Waals surface area contributed by atoms with Crippen LogP contribution in [0, 0.1) is 6.92 Å². The molecule has 0 amide bonds. The molecule has 0 aliphatic heterocycles. The number of rotatable bonds is 7. The Morgan fingerprint density at radius 1 is 1.21 bits per heavy atom. The van der Waals surface area contributed by atoms with Crippen LogP contribution in [0.25, 0.3) is 11.4 Å². The first-order valence-corrected chi connectivity index (χ1v) is 9.36. The van der Waals surface area contributed by atoms with Gasteiger partial charge in [0.15, 0.2) is 0 Å². The average molecular weight is 414 g/mol. The summed E-state index contributed by atoms with van der Waals surface area (Å²) in [4.78, 5) is 27.0. The van der Waals surface area contributed by atoms with Crippen LogP contribution in [0.1, 0.15) is 45.8 Å². The van der Waals surface area contributed by atoms with E-state index >= 15 is 0 Å². The van der Waals surface area contributed by atoms with E-state index in [9.17, 15) is 19.8 Å². The van der Waals surface area contributed by atoms with Gasteiger partial charge in [0.25, 0.3) is 0 Å². The average Bonchev–Trinajstić information content (AvgIpc) is 2.98. The van der Waals surface area contributed by atoms with Crippen molar-refractivity contribution < 1.29 is 19.8 Å². The van der Waals surface area contributed by atoms with E-state index in [1.807, 2.05) is 12.1 Å². The Kier molecular flexibility index (Phi) is 5.98. The van der Waals surface area contributed by atoms with E-state index in [-0.39, 0.29) is 24.3 Å². The molecular formula is C21H20ClN3O4. The summed E-state index contributed by atoms with van der Waals surface area (Å²) in [6, 6.07) is 10.3. The highest BCUT2D eigenvalue weighted by molar-refractivity contribution is 6.30. The molecule has 1 atom stereocenters. The molecule has 0 aliphatic rings. The van der Waals surface area contributed by atoms with Gasteiger partial charge in [-0.15, -0.1) is 0 Å². The van der Waals surface area contributed by atoms with Crippen LogP contribution in [0.15, 0.2) is 42.6 Å². The standard InChI is InChI=1S/C21H20ClN3O4/c1-12-11-13(21(28)29)6-7-14(12)15(8-9-17(26)27)18-19(24-25(2)20(18)22)16-5-3-4-10-23-16/h3-7,10-11,15H,8-9H2,1-2H3,(H,26,27)(H,28,29). The SMILES string of the molecule is Cc1cc(C(=O)O)ccc1C(CCC(=O)O)c1c(-c2ccccn2)nn(C)c1Cl. The number of carboxylic acid groups (broad SMARTS) is 2. The van der Waals surface area contributed by atoms with Gasteiger partial charge in [-0.2, -0.15) is 5.10 Å². The van der Waals surface area contributed by atoms with Gasteiger partial charge in [-0.05, 0) is 48.7 Å². The molecule has 0 spiro atoms. The van der Waals surface area contributed by atoms with Gasteiger partial charge in [0.2, 0.25) is 0 Å². The van der Waals surface area contributed by atoms with Crippen molar-refractivity contribution in [2.45, 2.75) is 25.7 Å². The maximum Gasteiger partial charge on any atom is 0.335 e. The van der Waals surface area contributed by atoms with Gasteiger partial charge in [-0.25, -0.2) is 4.79 Å². The Bertz CT molecular complexity index is 1060.